The van der Waals surface area contributed by atoms with E-state index in [4.69, 9.17) is 14.5 Å². The fourth-order valence-electron chi connectivity index (χ4n) is 10.2. The number of rotatable bonds is 9. The lowest BCUT2D eigenvalue weighted by atomic mass is 9.84. The van der Waals surface area contributed by atoms with E-state index in [0.717, 1.165) is 64.1 Å². The van der Waals surface area contributed by atoms with Crippen molar-refractivity contribution in [2.75, 3.05) is 40.4 Å². The molecule has 4 N–H and O–H groups in total. The van der Waals surface area contributed by atoms with Gasteiger partial charge in [0.25, 0.3) is 5.91 Å². The van der Waals surface area contributed by atoms with Crippen molar-refractivity contribution in [1.29, 1.82) is 0 Å². The number of likely N-dealkylation sites (N-methyl/N-ethyl adjacent to an activating group) is 1. The third-order valence-corrected chi connectivity index (χ3v) is 13.8. The maximum Gasteiger partial charge on any atom is 0.324 e. The van der Waals surface area contributed by atoms with Crippen LogP contribution in [-0.2, 0) is 48.0 Å². The third kappa shape index (κ3) is 8.57. The number of hydrazine groups is 1. The van der Waals surface area contributed by atoms with Crippen molar-refractivity contribution in [3.8, 4) is 28.1 Å². The van der Waals surface area contributed by atoms with Gasteiger partial charge < -0.3 is 34.7 Å². The quantitative estimate of drug-likeness (QED) is 0.157. The van der Waals surface area contributed by atoms with Gasteiger partial charge in [-0.25, -0.2) is 5.43 Å². The van der Waals surface area contributed by atoms with Crippen LogP contribution in [0, 0.1) is 22.7 Å². The molecule has 1 aliphatic carbocycles. The minimum atomic E-state index is -1.10. The summed E-state index contributed by atoms with van der Waals surface area (Å²) in [5.74, 6) is -1.75. The Morgan fingerprint density at radius 1 is 1.10 bits per heavy atom. The normalized spacial score (nSPS) is 22.8. The standard InChI is InChI=1S/C49H63N7O7/c1-9-55-40-15-14-31-22-35(40)36(43(55)34-12-10-16-51-41(34)29(4)62-8)23-48(5,6)27-63-47(61)38-13-11-17-56(53-38)46(60)39(20-30-18-32(31)21-33(57)19-30)52-44(58)42(28(2)3)54(7)45(59)37-24-49(37)25-50-26-49/h10,12,14-16,18-19,21-22,28-29,37-39,42,50,53,57H,9,11,13,17,20,23-27H2,1-8H3,(H,52,58)/t29-,37?,38-,39-,42-/m0/s1. The number of hydrogen-bond donors (Lipinski definition) is 4. The van der Waals surface area contributed by atoms with E-state index in [0.29, 0.717) is 37.9 Å². The summed E-state index contributed by atoms with van der Waals surface area (Å²) < 4.78 is 14.2. The van der Waals surface area contributed by atoms with Crippen LogP contribution in [0.4, 0.5) is 0 Å². The minimum absolute atomic E-state index is 0.0130. The first-order valence-corrected chi connectivity index (χ1v) is 22.5. The summed E-state index contributed by atoms with van der Waals surface area (Å²) in [5.41, 5.74) is 9.74. The molecule has 14 heteroatoms. The van der Waals surface area contributed by atoms with Gasteiger partial charge in [-0.1, -0.05) is 39.8 Å². The van der Waals surface area contributed by atoms with Crippen LogP contribution in [0.5, 0.6) is 5.75 Å². The second-order valence-electron chi connectivity index (χ2n) is 19.4. The molecule has 4 aromatic rings. The predicted molar refractivity (Wildman–Crippen MR) is 240 cm³/mol. The number of aromatic hydroxyl groups is 1. The number of phenolic OH excluding ortho intramolecular Hbond substituents is 1. The van der Waals surface area contributed by atoms with Crippen LogP contribution in [0.2, 0.25) is 0 Å². The fraction of sp³-hybridized carbons (Fsp3) is 0.531. The van der Waals surface area contributed by atoms with E-state index in [2.05, 4.69) is 59.6 Å². The number of hydrogen-bond acceptors (Lipinski definition) is 10. The topological polar surface area (TPSA) is 167 Å². The van der Waals surface area contributed by atoms with Gasteiger partial charge in [0.15, 0.2) is 0 Å². The van der Waals surface area contributed by atoms with Gasteiger partial charge in [-0.3, -0.25) is 29.2 Å². The number of aryl methyl sites for hydroxylation is 1. The largest absolute Gasteiger partial charge is 0.508 e. The van der Waals surface area contributed by atoms with E-state index >= 15 is 0 Å². The monoisotopic (exact) mass is 861 g/mol. The molecule has 336 valence electrons. The van der Waals surface area contributed by atoms with E-state index in [-0.39, 0.29) is 48.0 Å². The molecule has 6 bridgehead atoms. The highest BCUT2D eigenvalue weighted by Crippen LogP contribution is 2.56. The maximum absolute atomic E-state index is 14.7. The number of methoxy groups -OCH3 is 1. The molecule has 5 atom stereocenters. The van der Waals surface area contributed by atoms with E-state index in [9.17, 15) is 24.3 Å². The highest BCUT2D eigenvalue weighted by atomic mass is 16.5. The highest BCUT2D eigenvalue weighted by Gasteiger charge is 2.62. The summed E-state index contributed by atoms with van der Waals surface area (Å²) in [6.07, 6.45) is 3.92. The smallest absolute Gasteiger partial charge is 0.324 e. The zero-order chi connectivity index (χ0) is 45.0. The number of benzene rings is 2. The average molecular weight is 862 g/mol. The number of nitrogens with one attached hydrogen (secondary N) is 3. The number of amides is 3. The van der Waals surface area contributed by atoms with Crippen LogP contribution in [0.1, 0.15) is 83.7 Å². The van der Waals surface area contributed by atoms with Gasteiger partial charge in [-0.05, 0) is 104 Å². The molecule has 1 spiro atoms. The molecular weight excluding hydrogens is 799 g/mol. The number of ether oxygens (including phenoxy) is 2. The zero-order valence-electron chi connectivity index (χ0n) is 37.9. The second kappa shape index (κ2) is 17.3. The summed E-state index contributed by atoms with van der Waals surface area (Å²) in [6.45, 7) is 14.8. The average Bonchev–Trinajstić information content (AvgIpc) is 3.96. The van der Waals surface area contributed by atoms with Gasteiger partial charge in [-0.15, -0.1) is 0 Å². The van der Waals surface area contributed by atoms with E-state index < -0.39 is 41.3 Å². The van der Waals surface area contributed by atoms with Crippen molar-refractivity contribution < 1.29 is 33.8 Å². The molecule has 5 heterocycles. The summed E-state index contributed by atoms with van der Waals surface area (Å²) in [7, 11) is 3.36. The molecule has 1 unspecified atom stereocenters. The number of carbonyl (C=O) groups is 4. The van der Waals surface area contributed by atoms with Crippen molar-refractivity contribution >= 4 is 34.6 Å². The lowest BCUT2D eigenvalue weighted by Gasteiger charge is -2.37. The highest BCUT2D eigenvalue weighted by molar-refractivity contribution is 5.96. The van der Waals surface area contributed by atoms with E-state index in [1.165, 1.54) is 5.01 Å². The molecule has 14 nitrogen and oxygen atoms in total. The number of carbonyl (C=O) groups excluding carboxylic acids is 4. The summed E-state index contributed by atoms with van der Waals surface area (Å²) in [4.78, 5) is 63.1. The Balaban J connectivity index is 1.22. The van der Waals surface area contributed by atoms with Crippen molar-refractivity contribution in [2.24, 2.45) is 22.7 Å². The molecule has 2 saturated heterocycles. The van der Waals surface area contributed by atoms with E-state index in [1.807, 2.05) is 39.0 Å². The Morgan fingerprint density at radius 3 is 2.56 bits per heavy atom. The number of phenols is 1. The lowest BCUT2D eigenvalue weighted by Crippen LogP contribution is -2.62. The van der Waals surface area contributed by atoms with Crippen LogP contribution in [-0.4, -0.2) is 107 Å². The van der Waals surface area contributed by atoms with Crippen LogP contribution in [0.25, 0.3) is 33.3 Å². The Labute approximate surface area is 370 Å². The van der Waals surface area contributed by atoms with E-state index in [1.54, 1.807) is 37.4 Å². The molecule has 0 radical (unpaired) electrons. The molecule has 63 heavy (non-hydrogen) atoms. The van der Waals surface area contributed by atoms with Gasteiger partial charge in [0.1, 0.15) is 23.9 Å². The van der Waals surface area contributed by atoms with Crippen LogP contribution in [0.3, 0.4) is 0 Å². The number of cyclic esters (lactones) is 1. The molecule has 4 aliphatic rings. The van der Waals surface area contributed by atoms with Gasteiger partial charge >= 0.3 is 5.97 Å². The first-order chi connectivity index (χ1) is 30.0. The van der Waals surface area contributed by atoms with Crippen molar-refractivity contribution in [2.45, 2.75) is 104 Å². The number of fused-ring (bicyclic) bond motifs is 6. The zero-order valence-corrected chi connectivity index (χ0v) is 37.9. The van der Waals surface area contributed by atoms with Crippen molar-refractivity contribution in [3.63, 3.8) is 0 Å². The first kappa shape index (κ1) is 44.3. The number of esters is 1. The summed E-state index contributed by atoms with van der Waals surface area (Å²) >= 11 is 0. The summed E-state index contributed by atoms with van der Waals surface area (Å²) in [5, 5.41) is 20.1. The van der Waals surface area contributed by atoms with Crippen LogP contribution < -0.4 is 16.1 Å². The van der Waals surface area contributed by atoms with Crippen molar-refractivity contribution in [3.05, 3.63) is 71.5 Å². The molecule has 8 rings (SSSR count). The number of nitrogens with zero attached hydrogens (tertiary/aromatic N) is 4. The number of pyridine rings is 1. The van der Waals surface area contributed by atoms with Crippen molar-refractivity contribution in [1.82, 2.24) is 35.5 Å². The van der Waals surface area contributed by atoms with Crippen LogP contribution in [0.15, 0.2) is 54.7 Å². The van der Waals surface area contributed by atoms with Gasteiger partial charge in [0.2, 0.25) is 11.8 Å². The Bertz CT molecular complexity index is 2420. The first-order valence-electron chi connectivity index (χ1n) is 22.5. The molecule has 3 amide bonds. The molecule has 1 saturated carbocycles. The Morgan fingerprint density at radius 2 is 1.87 bits per heavy atom. The molecule has 3 fully saturated rings. The molecular formula is C49H63N7O7. The predicted octanol–water partition coefficient (Wildman–Crippen LogP) is 5.54. The second-order valence-corrected chi connectivity index (χ2v) is 19.4. The molecule has 2 aromatic carbocycles. The Hall–Kier alpha value is -5.31. The number of aromatic nitrogens is 2. The van der Waals surface area contributed by atoms with Gasteiger partial charge in [0, 0.05) is 86.2 Å². The third-order valence-electron chi connectivity index (χ3n) is 13.8. The van der Waals surface area contributed by atoms with Gasteiger partial charge in [0.05, 0.1) is 24.1 Å². The van der Waals surface area contributed by atoms with Gasteiger partial charge in [-0.2, -0.15) is 0 Å². The summed E-state index contributed by atoms with van der Waals surface area (Å²) in [6, 6.07) is 12.9. The Kier molecular flexibility index (Phi) is 12.2. The van der Waals surface area contributed by atoms with Crippen LogP contribution >= 0.6 is 0 Å². The SMILES string of the molecule is CCn1c(-c2cccnc2[C@H](C)OC)c2c3cc(ccc31)-c1cc(O)cc(c1)C[C@H](NC(=O)[C@H](C(C)C)N(C)C(=O)C1CC13CNC3)C(=O)N1CCC[C@H](N1)C(=O)OCC(C)(C)C2. The molecule has 2 aromatic heterocycles. The minimum Gasteiger partial charge on any atom is -0.508 e. The molecule has 3 aliphatic heterocycles. The lowest BCUT2D eigenvalue weighted by molar-refractivity contribution is -0.155. The fourth-order valence-corrected chi connectivity index (χ4v) is 10.2. The maximum atomic E-state index is 14.7.